The Kier molecular flexibility index (Phi) is 9.66. The molecule has 10 heteroatoms. The van der Waals surface area contributed by atoms with Gasteiger partial charge in [0.1, 0.15) is 12.6 Å². The maximum atomic E-state index is 13.8. The number of carbonyl (C=O) groups excluding carboxylic acids is 2. The summed E-state index contributed by atoms with van der Waals surface area (Å²) in [5, 5.41) is 4.02. The summed E-state index contributed by atoms with van der Waals surface area (Å²) >= 11 is 12.5. The van der Waals surface area contributed by atoms with Crippen molar-refractivity contribution < 1.29 is 18.0 Å². The fourth-order valence-electron chi connectivity index (χ4n) is 4.59. The van der Waals surface area contributed by atoms with Gasteiger partial charge in [-0.2, -0.15) is 0 Å². The summed E-state index contributed by atoms with van der Waals surface area (Å²) in [7, 11) is -3.82. The Hall–Kier alpha value is -2.29. The summed E-state index contributed by atoms with van der Waals surface area (Å²) in [4.78, 5) is 28.5. The molecule has 36 heavy (non-hydrogen) atoms. The molecular weight excluding hydrogens is 521 g/mol. The van der Waals surface area contributed by atoms with E-state index in [1.165, 1.54) is 4.90 Å². The number of amides is 2. The Balaban J connectivity index is 1.95. The van der Waals surface area contributed by atoms with Crippen LogP contribution in [0, 0.1) is 6.92 Å². The topological polar surface area (TPSA) is 86.8 Å². The molecule has 2 aromatic rings. The third-order valence-electron chi connectivity index (χ3n) is 6.49. The molecule has 0 radical (unpaired) electrons. The van der Waals surface area contributed by atoms with Gasteiger partial charge >= 0.3 is 0 Å². The van der Waals surface area contributed by atoms with Crippen molar-refractivity contribution in [3.05, 3.63) is 63.6 Å². The molecule has 0 spiro atoms. The van der Waals surface area contributed by atoms with Crippen LogP contribution in [0.1, 0.15) is 50.2 Å². The minimum absolute atomic E-state index is 0.0757. The van der Waals surface area contributed by atoms with Crippen LogP contribution in [0.5, 0.6) is 0 Å². The monoisotopic (exact) mass is 553 g/mol. The van der Waals surface area contributed by atoms with E-state index in [4.69, 9.17) is 23.2 Å². The highest BCUT2D eigenvalue weighted by Crippen LogP contribution is 2.27. The van der Waals surface area contributed by atoms with E-state index in [-0.39, 0.29) is 18.5 Å². The molecule has 0 aliphatic heterocycles. The molecule has 1 atom stereocenters. The first-order valence-electron chi connectivity index (χ1n) is 12.1. The lowest BCUT2D eigenvalue weighted by Crippen LogP contribution is -2.53. The minimum atomic E-state index is -3.82. The molecule has 2 amide bonds. The van der Waals surface area contributed by atoms with Gasteiger partial charge in [0.15, 0.2) is 0 Å². The van der Waals surface area contributed by atoms with Crippen molar-refractivity contribution >= 4 is 50.7 Å². The zero-order valence-corrected chi connectivity index (χ0v) is 23.2. The maximum Gasteiger partial charge on any atom is 0.244 e. The standard InChI is InChI=1S/C26H33Cl2N3O4S/c1-4-23(26(33)29-21-10-6-7-11-21)30(16-19-9-5-8-12-22(19)28)25(32)17-31(36(3,34)35)24-14-13-20(27)15-18(24)2/h5,8-9,12-15,21,23H,4,6-7,10-11,16-17H2,1-3H3,(H,29,33)/t23-/m0/s1. The van der Waals surface area contributed by atoms with Crippen molar-refractivity contribution in [1.82, 2.24) is 10.2 Å². The molecule has 2 aromatic carbocycles. The van der Waals surface area contributed by atoms with Gasteiger partial charge in [-0.1, -0.05) is 61.2 Å². The average molecular weight is 555 g/mol. The molecule has 0 heterocycles. The molecule has 1 N–H and O–H groups in total. The second-order valence-corrected chi connectivity index (χ2v) is 12.0. The Labute approximate surface area is 223 Å². The second-order valence-electron chi connectivity index (χ2n) is 9.23. The highest BCUT2D eigenvalue weighted by molar-refractivity contribution is 7.92. The molecule has 196 valence electrons. The summed E-state index contributed by atoms with van der Waals surface area (Å²) in [5.41, 5.74) is 1.65. The molecule has 7 nitrogen and oxygen atoms in total. The summed E-state index contributed by atoms with van der Waals surface area (Å²) in [6.45, 7) is 3.18. The highest BCUT2D eigenvalue weighted by Gasteiger charge is 2.33. The van der Waals surface area contributed by atoms with Crippen LogP contribution in [-0.2, 0) is 26.2 Å². The number of nitrogens with zero attached hydrogens (tertiary/aromatic N) is 2. The van der Waals surface area contributed by atoms with Gasteiger partial charge in [0.05, 0.1) is 11.9 Å². The summed E-state index contributed by atoms with van der Waals surface area (Å²) < 4.78 is 26.6. The lowest BCUT2D eigenvalue weighted by molar-refractivity contribution is -0.140. The Morgan fingerprint density at radius 2 is 1.78 bits per heavy atom. The number of rotatable bonds is 10. The lowest BCUT2D eigenvalue weighted by Gasteiger charge is -2.34. The van der Waals surface area contributed by atoms with Crippen molar-refractivity contribution in [3.63, 3.8) is 0 Å². The van der Waals surface area contributed by atoms with Crippen LogP contribution in [0.25, 0.3) is 0 Å². The number of nitrogens with one attached hydrogen (secondary N) is 1. The van der Waals surface area contributed by atoms with E-state index in [1.807, 2.05) is 13.0 Å². The van der Waals surface area contributed by atoms with Crippen molar-refractivity contribution in [2.45, 2.75) is 64.6 Å². The molecule has 1 fully saturated rings. The van der Waals surface area contributed by atoms with Gasteiger partial charge in [0.2, 0.25) is 21.8 Å². The van der Waals surface area contributed by atoms with Crippen molar-refractivity contribution in [2.75, 3.05) is 17.1 Å². The number of halogens is 2. The van der Waals surface area contributed by atoms with Crippen LogP contribution in [0.15, 0.2) is 42.5 Å². The predicted molar refractivity (Wildman–Crippen MR) is 145 cm³/mol. The fourth-order valence-corrected chi connectivity index (χ4v) is 5.92. The third-order valence-corrected chi connectivity index (χ3v) is 8.22. The fraction of sp³-hybridized carbons (Fsp3) is 0.462. The molecule has 0 bridgehead atoms. The molecule has 1 saturated carbocycles. The average Bonchev–Trinajstić information content (AvgIpc) is 3.31. The lowest BCUT2D eigenvalue weighted by atomic mass is 10.1. The molecule has 0 saturated heterocycles. The Bertz CT molecular complexity index is 1200. The van der Waals surface area contributed by atoms with Gasteiger partial charge in [0.25, 0.3) is 0 Å². The third kappa shape index (κ3) is 7.14. The smallest absolute Gasteiger partial charge is 0.244 e. The van der Waals surface area contributed by atoms with Crippen molar-refractivity contribution in [2.24, 2.45) is 0 Å². The van der Waals surface area contributed by atoms with E-state index in [0.29, 0.717) is 33.3 Å². The van der Waals surface area contributed by atoms with Gasteiger partial charge < -0.3 is 10.2 Å². The summed E-state index contributed by atoms with van der Waals surface area (Å²) in [6.07, 6.45) is 5.38. The van der Waals surface area contributed by atoms with Crippen LogP contribution in [-0.4, -0.2) is 50.0 Å². The number of carbonyl (C=O) groups is 2. The first kappa shape index (κ1) is 28.3. The van der Waals surface area contributed by atoms with Gasteiger partial charge in [-0.25, -0.2) is 8.42 Å². The largest absolute Gasteiger partial charge is 0.352 e. The van der Waals surface area contributed by atoms with Crippen LogP contribution < -0.4 is 9.62 Å². The van der Waals surface area contributed by atoms with Gasteiger partial charge in [-0.15, -0.1) is 0 Å². The van der Waals surface area contributed by atoms with Gasteiger partial charge in [-0.05, 0) is 61.6 Å². The Morgan fingerprint density at radius 3 is 2.36 bits per heavy atom. The number of anilines is 1. The molecule has 1 aliphatic rings. The maximum absolute atomic E-state index is 13.8. The quantitative estimate of drug-likeness (QED) is 0.451. The van der Waals surface area contributed by atoms with E-state index in [1.54, 1.807) is 43.3 Å². The number of hydrogen-bond donors (Lipinski definition) is 1. The van der Waals surface area contributed by atoms with Crippen molar-refractivity contribution in [3.8, 4) is 0 Å². The molecule has 1 aliphatic carbocycles. The minimum Gasteiger partial charge on any atom is -0.352 e. The second kappa shape index (κ2) is 12.3. The SMILES string of the molecule is CC[C@@H](C(=O)NC1CCCC1)N(Cc1ccccc1Cl)C(=O)CN(c1ccc(Cl)cc1C)S(C)(=O)=O. The molecule has 0 aromatic heterocycles. The van der Waals surface area contributed by atoms with Crippen LogP contribution in [0.4, 0.5) is 5.69 Å². The highest BCUT2D eigenvalue weighted by atomic mass is 35.5. The van der Waals surface area contributed by atoms with E-state index in [9.17, 15) is 18.0 Å². The summed E-state index contributed by atoms with van der Waals surface area (Å²) in [5.74, 6) is -0.735. The van der Waals surface area contributed by atoms with Gasteiger partial charge in [-0.3, -0.25) is 13.9 Å². The normalized spacial score (nSPS) is 14.9. The predicted octanol–water partition coefficient (Wildman–Crippen LogP) is 4.93. The molecule has 3 rings (SSSR count). The van der Waals surface area contributed by atoms with Crippen molar-refractivity contribution in [1.29, 1.82) is 0 Å². The zero-order chi connectivity index (χ0) is 26.5. The number of sulfonamides is 1. The first-order chi connectivity index (χ1) is 17.0. The molecular formula is C26H33Cl2N3O4S. The van der Waals surface area contributed by atoms with Crippen LogP contribution >= 0.6 is 23.2 Å². The number of hydrogen-bond acceptors (Lipinski definition) is 4. The van der Waals surface area contributed by atoms with E-state index >= 15 is 0 Å². The van der Waals surface area contributed by atoms with Gasteiger partial charge in [0, 0.05) is 22.6 Å². The van der Waals surface area contributed by atoms with Crippen LogP contribution in [0.2, 0.25) is 10.0 Å². The van der Waals surface area contributed by atoms with E-state index in [2.05, 4.69) is 5.32 Å². The van der Waals surface area contributed by atoms with E-state index < -0.39 is 28.5 Å². The molecule has 0 unspecified atom stereocenters. The first-order valence-corrected chi connectivity index (χ1v) is 14.7. The number of benzene rings is 2. The van der Waals surface area contributed by atoms with Crippen LogP contribution in [0.3, 0.4) is 0 Å². The number of aryl methyl sites for hydroxylation is 1. The zero-order valence-electron chi connectivity index (χ0n) is 20.8. The van der Waals surface area contributed by atoms with E-state index in [0.717, 1.165) is 36.2 Å². The Morgan fingerprint density at radius 1 is 1.11 bits per heavy atom. The summed E-state index contributed by atoms with van der Waals surface area (Å²) in [6, 6.07) is 11.2.